The van der Waals surface area contributed by atoms with Gasteiger partial charge >= 0.3 is 7.12 Å². The van der Waals surface area contributed by atoms with E-state index in [0.29, 0.717) is 30.3 Å². The Hall–Kier alpha value is -1.81. The smallest absolute Gasteiger partial charge is 0.423 e. The van der Waals surface area contributed by atoms with Crippen molar-refractivity contribution < 1.29 is 14.8 Å². The minimum atomic E-state index is -1.47. The summed E-state index contributed by atoms with van der Waals surface area (Å²) in [6.45, 7) is 1.86. The van der Waals surface area contributed by atoms with E-state index in [1.807, 2.05) is 7.05 Å². The molecule has 3 rings (SSSR count). The number of fused-ring (bicyclic) bond motifs is 1. The van der Waals surface area contributed by atoms with Crippen molar-refractivity contribution in [1.29, 1.82) is 0 Å². The predicted octanol–water partition coefficient (Wildman–Crippen LogP) is 2.36. The molecule has 0 amide bonds. The lowest BCUT2D eigenvalue weighted by molar-refractivity contribution is 0.0381. The normalized spacial score (nSPS) is 12.3. The average Bonchev–Trinajstić information content (AvgIpc) is 3.12. The molecule has 0 aliphatic heterocycles. The van der Waals surface area contributed by atoms with Gasteiger partial charge in [-0.05, 0) is 42.1 Å². The molecule has 0 bridgehead atoms. The summed E-state index contributed by atoms with van der Waals surface area (Å²) in [5.41, 5.74) is 10.6. The van der Waals surface area contributed by atoms with Crippen LogP contribution in [-0.2, 0) is 24.8 Å². The van der Waals surface area contributed by atoms with Crippen LogP contribution in [0.5, 0.6) is 0 Å². The van der Waals surface area contributed by atoms with Crippen LogP contribution >= 0.6 is 23.2 Å². The third-order valence-corrected chi connectivity index (χ3v) is 6.00. The number of imidazole rings is 1. The van der Waals surface area contributed by atoms with Gasteiger partial charge in [0, 0.05) is 44.0 Å². The molecule has 0 aliphatic carbocycles. The number of ether oxygens (including phenoxy) is 1. The molecule has 4 N–H and O–H groups in total. The van der Waals surface area contributed by atoms with Crippen LogP contribution in [0.2, 0.25) is 0 Å². The highest BCUT2D eigenvalue weighted by molar-refractivity contribution is 6.58. The van der Waals surface area contributed by atoms with Gasteiger partial charge in [-0.3, -0.25) is 0 Å². The minimum absolute atomic E-state index is 0.374. The number of anilines is 1. The highest BCUT2D eigenvalue weighted by Gasteiger charge is 2.13. The summed E-state index contributed by atoms with van der Waals surface area (Å²) in [6.07, 6.45) is 1.98. The van der Waals surface area contributed by atoms with E-state index in [9.17, 15) is 0 Å². The summed E-state index contributed by atoms with van der Waals surface area (Å²) in [6, 6.07) is 13.2. The quantitative estimate of drug-likeness (QED) is 0.192. The van der Waals surface area contributed by atoms with E-state index in [1.54, 1.807) is 24.3 Å². The predicted molar refractivity (Wildman–Crippen MR) is 136 cm³/mol. The van der Waals surface area contributed by atoms with Crippen molar-refractivity contribution in [3.8, 4) is 0 Å². The molecule has 0 fully saturated rings. The number of aryl methyl sites for hydroxylation is 2. The fourth-order valence-corrected chi connectivity index (χ4v) is 4.17. The molecule has 7 nitrogen and oxygen atoms in total. The van der Waals surface area contributed by atoms with Crippen molar-refractivity contribution in [2.24, 2.45) is 12.8 Å². The Labute approximate surface area is 205 Å². The molecule has 0 radical (unpaired) electrons. The lowest BCUT2D eigenvalue weighted by Gasteiger charge is -2.22. The fourth-order valence-electron chi connectivity index (χ4n) is 3.77. The second kappa shape index (κ2) is 12.6. The molecule has 1 atom stereocenters. The fraction of sp³-hybridized carbons (Fsp3) is 0.435. The van der Waals surface area contributed by atoms with Crippen molar-refractivity contribution in [2.45, 2.75) is 32.1 Å². The van der Waals surface area contributed by atoms with E-state index in [0.717, 1.165) is 54.0 Å². The Bertz CT molecular complexity index is 1010. The number of aromatic nitrogens is 2. The molecule has 1 unspecified atom stereocenters. The number of nitrogens with two attached hydrogens (primary N) is 1. The van der Waals surface area contributed by atoms with Gasteiger partial charge in [0.15, 0.2) is 0 Å². The van der Waals surface area contributed by atoms with E-state index >= 15 is 0 Å². The number of benzene rings is 2. The number of halogens is 2. The average molecular weight is 493 g/mol. The van der Waals surface area contributed by atoms with E-state index < -0.39 is 7.12 Å². The Morgan fingerprint density at radius 2 is 1.82 bits per heavy atom. The number of nitrogens with zero attached hydrogens (tertiary/aromatic N) is 3. The number of hydrogen-bond donors (Lipinski definition) is 3. The van der Waals surface area contributed by atoms with Gasteiger partial charge in [-0.15, -0.1) is 23.2 Å². The van der Waals surface area contributed by atoms with E-state index in [-0.39, 0.29) is 6.23 Å². The van der Waals surface area contributed by atoms with Crippen LogP contribution in [0.3, 0.4) is 0 Å². The summed E-state index contributed by atoms with van der Waals surface area (Å²) < 4.78 is 7.86. The van der Waals surface area contributed by atoms with E-state index in [1.165, 1.54) is 0 Å². The molecule has 0 aliphatic rings. The largest absolute Gasteiger partial charge is 0.488 e. The molecule has 2 aromatic carbocycles. The highest BCUT2D eigenvalue weighted by atomic mass is 35.5. The molecule has 0 spiro atoms. The third kappa shape index (κ3) is 7.09. The Balaban J connectivity index is 1.53. The lowest BCUT2D eigenvalue weighted by atomic mass is 9.80. The number of rotatable bonds is 13. The van der Waals surface area contributed by atoms with Crippen molar-refractivity contribution >= 4 is 52.5 Å². The molecule has 33 heavy (non-hydrogen) atoms. The first-order valence-corrected chi connectivity index (χ1v) is 12.1. The van der Waals surface area contributed by atoms with Crippen molar-refractivity contribution in [2.75, 3.05) is 29.7 Å². The Morgan fingerprint density at radius 1 is 1.12 bits per heavy atom. The zero-order valence-electron chi connectivity index (χ0n) is 18.8. The zero-order valence-corrected chi connectivity index (χ0v) is 20.3. The van der Waals surface area contributed by atoms with Gasteiger partial charge in [0.1, 0.15) is 12.1 Å². The maximum absolute atomic E-state index is 9.16. The molecule has 3 aromatic rings. The van der Waals surface area contributed by atoms with Gasteiger partial charge in [0.05, 0.1) is 17.6 Å². The van der Waals surface area contributed by atoms with Gasteiger partial charge < -0.3 is 30.0 Å². The van der Waals surface area contributed by atoms with Crippen LogP contribution < -0.4 is 16.1 Å². The standard InChI is InChI=1S/C23H31BCl2N4O3/c1-29-21-10-9-19(30(13-11-25)14-12-26)15-20(21)28-23(29)4-2-3-22(27)33-16-17-5-7-18(8-6-17)24(31)32/h5-10,15,22,31-32H,2-4,11-14,16,27H2,1H3. The molecule has 0 saturated carbocycles. The third-order valence-electron chi connectivity index (χ3n) is 5.66. The second-order valence-corrected chi connectivity index (χ2v) is 8.74. The van der Waals surface area contributed by atoms with Gasteiger partial charge in [-0.2, -0.15) is 0 Å². The second-order valence-electron chi connectivity index (χ2n) is 7.98. The van der Waals surface area contributed by atoms with Gasteiger partial charge in [0.2, 0.25) is 0 Å². The lowest BCUT2D eigenvalue weighted by Crippen LogP contribution is -2.29. The summed E-state index contributed by atoms with van der Waals surface area (Å²) in [5.74, 6) is 2.10. The van der Waals surface area contributed by atoms with Gasteiger partial charge in [0.25, 0.3) is 0 Å². The molecular weight excluding hydrogens is 462 g/mol. The van der Waals surface area contributed by atoms with Crippen LogP contribution in [0.1, 0.15) is 24.2 Å². The molecule has 0 saturated heterocycles. The van der Waals surface area contributed by atoms with Crippen LogP contribution in [0, 0.1) is 0 Å². The topological polar surface area (TPSA) is 96.8 Å². The minimum Gasteiger partial charge on any atom is -0.423 e. The first kappa shape index (κ1) is 25.8. The maximum Gasteiger partial charge on any atom is 0.488 e. The molecule has 10 heteroatoms. The molecule has 1 heterocycles. The first-order chi connectivity index (χ1) is 15.9. The number of alkyl halides is 2. The monoisotopic (exact) mass is 492 g/mol. The molecule has 1 aromatic heterocycles. The summed E-state index contributed by atoms with van der Waals surface area (Å²) in [5, 5.41) is 18.3. The summed E-state index contributed by atoms with van der Waals surface area (Å²) in [7, 11) is 0.565. The zero-order chi connectivity index (χ0) is 23.8. The van der Waals surface area contributed by atoms with Crippen LogP contribution in [0.25, 0.3) is 11.0 Å². The van der Waals surface area contributed by atoms with Crippen LogP contribution in [0.15, 0.2) is 42.5 Å². The SMILES string of the molecule is Cn1c(CCCC(N)OCc2ccc(B(O)O)cc2)nc2cc(N(CCCl)CCCl)ccc21. The first-order valence-electron chi connectivity index (χ1n) is 11.1. The van der Waals surface area contributed by atoms with E-state index in [2.05, 4.69) is 27.7 Å². The maximum atomic E-state index is 9.16. The molecule has 178 valence electrons. The van der Waals surface area contributed by atoms with Crippen molar-refractivity contribution in [1.82, 2.24) is 9.55 Å². The molecular formula is C23H31BCl2N4O3. The number of hydrogen-bond acceptors (Lipinski definition) is 6. The summed E-state index contributed by atoms with van der Waals surface area (Å²) in [4.78, 5) is 7.01. The van der Waals surface area contributed by atoms with Crippen molar-refractivity contribution in [3.63, 3.8) is 0 Å². The van der Waals surface area contributed by atoms with E-state index in [4.69, 9.17) is 48.7 Å². The summed E-state index contributed by atoms with van der Waals surface area (Å²) >= 11 is 11.9. The van der Waals surface area contributed by atoms with Gasteiger partial charge in [-0.25, -0.2) is 4.98 Å². The Kier molecular flexibility index (Phi) is 9.86. The van der Waals surface area contributed by atoms with Crippen LogP contribution in [-0.4, -0.2) is 57.8 Å². The van der Waals surface area contributed by atoms with Crippen LogP contribution in [0.4, 0.5) is 5.69 Å². The Morgan fingerprint density at radius 3 is 2.45 bits per heavy atom. The van der Waals surface area contributed by atoms with Crippen molar-refractivity contribution in [3.05, 3.63) is 53.9 Å². The van der Waals surface area contributed by atoms with Gasteiger partial charge in [-0.1, -0.05) is 24.3 Å². The highest BCUT2D eigenvalue weighted by Crippen LogP contribution is 2.23.